The van der Waals surface area contributed by atoms with Crippen molar-refractivity contribution in [3.8, 4) is 0 Å². The number of methoxy groups -OCH3 is 2. The third-order valence-corrected chi connectivity index (χ3v) is 2.95. The molecule has 1 aliphatic rings. The Morgan fingerprint density at radius 3 is 2.69 bits per heavy atom. The minimum atomic E-state index is -0.418. The third kappa shape index (κ3) is 3.73. The molecular formula is C11H22N2O3. The number of nitrogens with one attached hydrogen (secondary N) is 2. The van der Waals surface area contributed by atoms with E-state index in [2.05, 4.69) is 10.6 Å². The molecule has 0 aromatic heterocycles. The zero-order valence-corrected chi connectivity index (χ0v) is 10.5. The van der Waals surface area contributed by atoms with Crippen molar-refractivity contribution >= 4 is 5.91 Å². The summed E-state index contributed by atoms with van der Waals surface area (Å²) in [5.41, 5.74) is -0.418. The molecule has 1 rings (SSSR count). The Bertz CT molecular complexity index is 243. The van der Waals surface area contributed by atoms with Gasteiger partial charge in [0.1, 0.15) is 0 Å². The molecule has 2 atom stereocenters. The SMILES string of the molecule is CO[C@H]1CNCC1NC(=O)CC(C)(C)OC. The summed E-state index contributed by atoms with van der Waals surface area (Å²) >= 11 is 0. The predicted molar refractivity (Wildman–Crippen MR) is 61.3 cm³/mol. The molecule has 0 aromatic rings. The lowest BCUT2D eigenvalue weighted by molar-refractivity contribution is -0.127. The summed E-state index contributed by atoms with van der Waals surface area (Å²) in [4.78, 5) is 11.8. The molecule has 2 N–H and O–H groups in total. The molecule has 0 spiro atoms. The summed E-state index contributed by atoms with van der Waals surface area (Å²) in [6.07, 6.45) is 0.422. The standard InChI is InChI=1S/C11H22N2O3/c1-11(2,16-4)5-10(14)13-8-6-12-7-9(8)15-3/h8-9,12H,5-7H2,1-4H3,(H,13,14)/t8?,9-/m0/s1. The topological polar surface area (TPSA) is 59.6 Å². The number of ether oxygens (including phenoxy) is 2. The van der Waals surface area contributed by atoms with E-state index in [1.807, 2.05) is 13.8 Å². The van der Waals surface area contributed by atoms with Crippen molar-refractivity contribution in [2.24, 2.45) is 0 Å². The zero-order chi connectivity index (χ0) is 12.2. The molecule has 1 amide bonds. The first-order valence-electron chi connectivity index (χ1n) is 5.56. The second-order valence-electron chi connectivity index (χ2n) is 4.75. The minimum absolute atomic E-state index is 0.00241. The molecule has 94 valence electrons. The van der Waals surface area contributed by atoms with E-state index < -0.39 is 5.60 Å². The summed E-state index contributed by atoms with van der Waals surface area (Å²) in [5.74, 6) is 0.00241. The fourth-order valence-corrected chi connectivity index (χ4v) is 1.76. The van der Waals surface area contributed by atoms with E-state index in [9.17, 15) is 4.79 Å². The molecule has 1 unspecified atom stereocenters. The van der Waals surface area contributed by atoms with E-state index in [0.717, 1.165) is 13.1 Å². The molecule has 0 radical (unpaired) electrons. The van der Waals surface area contributed by atoms with Crippen LogP contribution in [0.15, 0.2) is 0 Å². The van der Waals surface area contributed by atoms with Crippen LogP contribution in [-0.2, 0) is 14.3 Å². The normalized spacial score (nSPS) is 25.8. The van der Waals surface area contributed by atoms with Crippen LogP contribution in [0.3, 0.4) is 0 Å². The highest BCUT2D eigenvalue weighted by Crippen LogP contribution is 2.13. The van der Waals surface area contributed by atoms with E-state index in [1.54, 1.807) is 14.2 Å². The van der Waals surface area contributed by atoms with Crippen LogP contribution < -0.4 is 10.6 Å². The van der Waals surface area contributed by atoms with Gasteiger partial charge in [0.25, 0.3) is 0 Å². The molecule has 1 aliphatic heterocycles. The van der Waals surface area contributed by atoms with E-state index in [0.29, 0.717) is 6.42 Å². The average Bonchev–Trinajstić information content (AvgIpc) is 2.64. The van der Waals surface area contributed by atoms with Crippen molar-refractivity contribution in [2.75, 3.05) is 27.3 Å². The van der Waals surface area contributed by atoms with Crippen LogP contribution in [0.1, 0.15) is 20.3 Å². The Labute approximate surface area is 96.9 Å². The largest absolute Gasteiger partial charge is 0.378 e. The molecule has 1 heterocycles. The van der Waals surface area contributed by atoms with Crippen LogP contribution in [0.2, 0.25) is 0 Å². The number of carbonyl (C=O) groups excluding carboxylic acids is 1. The lowest BCUT2D eigenvalue weighted by atomic mass is 10.0. The van der Waals surface area contributed by atoms with Crippen LogP contribution in [0.4, 0.5) is 0 Å². The number of hydrogen-bond donors (Lipinski definition) is 2. The number of carbonyl (C=O) groups is 1. The Hall–Kier alpha value is -0.650. The summed E-state index contributed by atoms with van der Waals surface area (Å²) in [6, 6.07) is 0.0603. The molecule has 1 fully saturated rings. The molecular weight excluding hydrogens is 208 g/mol. The number of amides is 1. The van der Waals surface area contributed by atoms with Crippen LogP contribution >= 0.6 is 0 Å². The van der Waals surface area contributed by atoms with E-state index in [4.69, 9.17) is 9.47 Å². The van der Waals surface area contributed by atoms with Gasteiger partial charge in [-0.05, 0) is 13.8 Å². The van der Waals surface area contributed by atoms with Crippen molar-refractivity contribution in [3.05, 3.63) is 0 Å². The highest BCUT2D eigenvalue weighted by molar-refractivity contribution is 5.77. The van der Waals surface area contributed by atoms with Gasteiger partial charge in [-0.15, -0.1) is 0 Å². The molecule has 0 aromatic carbocycles. The van der Waals surface area contributed by atoms with Crippen LogP contribution in [-0.4, -0.2) is 51.0 Å². The predicted octanol–water partition coefficient (Wildman–Crippen LogP) is -0.0955. The maximum atomic E-state index is 11.8. The Morgan fingerprint density at radius 1 is 1.44 bits per heavy atom. The van der Waals surface area contributed by atoms with E-state index >= 15 is 0 Å². The summed E-state index contributed by atoms with van der Waals surface area (Å²) < 4.78 is 10.5. The van der Waals surface area contributed by atoms with Gasteiger partial charge in [-0.3, -0.25) is 4.79 Å². The first kappa shape index (κ1) is 13.4. The minimum Gasteiger partial charge on any atom is -0.378 e. The maximum Gasteiger partial charge on any atom is 0.223 e. The fourth-order valence-electron chi connectivity index (χ4n) is 1.76. The number of rotatable bonds is 5. The first-order valence-corrected chi connectivity index (χ1v) is 5.56. The molecule has 0 aliphatic carbocycles. The summed E-state index contributed by atoms with van der Waals surface area (Å²) in [5, 5.41) is 6.15. The zero-order valence-electron chi connectivity index (χ0n) is 10.5. The highest BCUT2D eigenvalue weighted by Gasteiger charge is 2.30. The Kier molecular flexibility index (Phi) is 4.70. The average molecular weight is 230 g/mol. The number of hydrogen-bond acceptors (Lipinski definition) is 4. The molecule has 0 saturated carbocycles. The molecule has 5 nitrogen and oxygen atoms in total. The van der Waals surface area contributed by atoms with Gasteiger partial charge >= 0.3 is 0 Å². The molecule has 5 heteroatoms. The smallest absolute Gasteiger partial charge is 0.223 e. The quantitative estimate of drug-likeness (QED) is 0.692. The summed E-state index contributed by atoms with van der Waals surface area (Å²) in [6.45, 7) is 5.34. The highest BCUT2D eigenvalue weighted by atomic mass is 16.5. The van der Waals surface area contributed by atoms with Gasteiger partial charge in [0.15, 0.2) is 0 Å². The van der Waals surface area contributed by atoms with Gasteiger partial charge in [0, 0.05) is 27.3 Å². The molecule has 0 bridgehead atoms. The van der Waals surface area contributed by atoms with Gasteiger partial charge in [-0.1, -0.05) is 0 Å². The maximum absolute atomic E-state index is 11.8. The Balaban J connectivity index is 2.39. The third-order valence-electron chi connectivity index (χ3n) is 2.95. The second-order valence-corrected chi connectivity index (χ2v) is 4.75. The lowest BCUT2D eigenvalue weighted by Gasteiger charge is -2.24. The van der Waals surface area contributed by atoms with Gasteiger partial charge in [-0.2, -0.15) is 0 Å². The van der Waals surface area contributed by atoms with E-state index in [1.165, 1.54) is 0 Å². The molecule has 1 saturated heterocycles. The van der Waals surface area contributed by atoms with Crippen molar-refractivity contribution in [2.45, 2.75) is 38.0 Å². The summed E-state index contributed by atoms with van der Waals surface area (Å²) in [7, 11) is 3.28. The molecule has 16 heavy (non-hydrogen) atoms. The second kappa shape index (κ2) is 5.61. The van der Waals surface area contributed by atoms with Crippen LogP contribution in [0, 0.1) is 0 Å². The lowest BCUT2D eigenvalue weighted by Crippen LogP contribution is -2.45. The van der Waals surface area contributed by atoms with Gasteiger partial charge < -0.3 is 20.1 Å². The first-order chi connectivity index (χ1) is 7.48. The Morgan fingerprint density at radius 2 is 2.12 bits per heavy atom. The van der Waals surface area contributed by atoms with Crippen LogP contribution in [0.5, 0.6) is 0 Å². The van der Waals surface area contributed by atoms with Crippen LogP contribution in [0.25, 0.3) is 0 Å². The van der Waals surface area contributed by atoms with E-state index in [-0.39, 0.29) is 18.1 Å². The van der Waals surface area contributed by atoms with Crippen molar-refractivity contribution < 1.29 is 14.3 Å². The van der Waals surface area contributed by atoms with Crippen molar-refractivity contribution in [1.82, 2.24) is 10.6 Å². The van der Waals surface area contributed by atoms with Gasteiger partial charge in [0.2, 0.25) is 5.91 Å². The van der Waals surface area contributed by atoms with Gasteiger partial charge in [-0.25, -0.2) is 0 Å². The van der Waals surface area contributed by atoms with Gasteiger partial charge in [0.05, 0.1) is 24.2 Å². The monoisotopic (exact) mass is 230 g/mol. The fraction of sp³-hybridized carbons (Fsp3) is 0.909. The van der Waals surface area contributed by atoms with Crippen molar-refractivity contribution in [1.29, 1.82) is 0 Å². The van der Waals surface area contributed by atoms with Crippen molar-refractivity contribution in [3.63, 3.8) is 0 Å².